The Hall–Kier alpha value is -0.910. The first-order chi connectivity index (χ1) is 16.3. The second-order valence-electron chi connectivity index (χ2n) is 14.5. The molecular formula is C30H48O5. The maximum absolute atomic E-state index is 12.5. The molecule has 0 spiro atoms. The van der Waals surface area contributed by atoms with Crippen LogP contribution in [0.4, 0.5) is 0 Å². The summed E-state index contributed by atoms with van der Waals surface area (Å²) in [7, 11) is 0. The van der Waals surface area contributed by atoms with Gasteiger partial charge in [-0.1, -0.05) is 39.3 Å². The Kier molecular flexibility index (Phi) is 5.91. The maximum atomic E-state index is 12.5. The van der Waals surface area contributed by atoms with Crippen molar-refractivity contribution < 1.29 is 25.2 Å². The van der Waals surface area contributed by atoms with Gasteiger partial charge in [-0.2, -0.15) is 0 Å². The van der Waals surface area contributed by atoms with Crippen LogP contribution in [0.15, 0.2) is 11.6 Å². The molecule has 4 saturated carbocycles. The highest BCUT2D eigenvalue weighted by Crippen LogP contribution is 2.70. The van der Waals surface area contributed by atoms with Gasteiger partial charge in [0.1, 0.15) is 0 Å². The van der Waals surface area contributed by atoms with Crippen molar-refractivity contribution in [3.8, 4) is 0 Å². The molecular weight excluding hydrogens is 440 g/mol. The third-order valence-corrected chi connectivity index (χ3v) is 13.1. The second kappa shape index (κ2) is 8.04. The first kappa shape index (κ1) is 25.7. The lowest BCUT2D eigenvalue weighted by Crippen LogP contribution is -2.61. The molecule has 5 aliphatic rings. The minimum Gasteiger partial charge on any atom is -0.481 e. The molecule has 5 heteroatoms. The molecule has 0 bridgehead atoms. The van der Waals surface area contributed by atoms with Gasteiger partial charge in [0.25, 0.3) is 0 Å². The van der Waals surface area contributed by atoms with Gasteiger partial charge in [-0.25, -0.2) is 0 Å². The zero-order chi connectivity index (χ0) is 25.6. The van der Waals surface area contributed by atoms with Crippen LogP contribution in [0, 0.1) is 50.7 Å². The minimum absolute atomic E-state index is 0.00530. The van der Waals surface area contributed by atoms with Crippen LogP contribution in [0.3, 0.4) is 0 Å². The second-order valence-corrected chi connectivity index (χ2v) is 14.5. The number of fused-ring (bicyclic) bond motifs is 6. The highest BCUT2D eigenvalue weighted by atomic mass is 16.4. The maximum Gasteiger partial charge on any atom is 0.312 e. The fourth-order valence-corrected chi connectivity index (χ4v) is 11.0. The fraction of sp³-hybridized carbons (Fsp3) is 0.900. The first-order valence-corrected chi connectivity index (χ1v) is 14.2. The lowest BCUT2D eigenvalue weighted by Gasteiger charge is -2.63. The van der Waals surface area contributed by atoms with Crippen molar-refractivity contribution in [1.29, 1.82) is 0 Å². The van der Waals surface area contributed by atoms with Gasteiger partial charge in [0.2, 0.25) is 0 Å². The topological polar surface area (TPSA) is 98.0 Å². The van der Waals surface area contributed by atoms with Crippen LogP contribution < -0.4 is 0 Å². The molecule has 35 heavy (non-hydrogen) atoms. The zero-order valence-electron chi connectivity index (χ0n) is 22.5. The summed E-state index contributed by atoms with van der Waals surface area (Å²) >= 11 is 0. The third kappa shape index (κ3) is 3.26. The van der Waals surface area contributed by atoms with Crippen molar-refractivity contribution in [1.82, 2.24) is 0 Å². The molecule has 0 radical (unpaired) electrons. The van der Waals surface area contributed by atoms with Crippen LogP contribution in [0.5, 0.6) is 0 Å². The standard InChI is InChI=1S/C30H48O5/c1-26-13-10-22-28(3,15-12-24(33)30(22,5)25(34)35)20(26)9-7-19-18(16-26)6-8-21-27(19,2)14-11-23(32)29(21,4)17-31/h6,19-24,31-33H,7-17H2,1-5H3,(H,34,35)/t19-,20-,21+,22+,23+,24-,26-,27+,28-,29+,30+/m0/s1. The number of aliphatic carboxylic acids is 1. The molecule has 0 aliphatic heterocycles. The summed E-state index contributed by atoms with van der Waals surface area (Å²) in [5, 5.41) is 42.4. The first-order valence-electron chi connectivity index (χ1n) is 14.2. The summed E-state index contributed by atoms with van der Waals surface area (Å²) in [6.07, 6.45) is 10.6. The van der Waals surface area contributed by atoms with E-state index in [9.17, 15) is 25.2 Å². The summed E-state index contributed by atoms with van der Waals surface area (Å²) < 4.78 is 0. The highest BCUT2D eigenvalue weighted by molar-refractivity contribution is 5.76. The highest BCUT2D eigenvalue weighted by Gasteiger charge is 2.66. The average Bonchev–Trinajstić information content (AvgIpc) is 2.96. The molecule has 5 rings (SSSR count). The van der Waals surface area contributed by atoms with Gasteiger partial charge in [-0.05, 0) is 111 Å². The quantitative estimate of drug-likeness (QED) is 0.402. The Balaban J connectivity index is 1.51. The number of carbonyl (C=O) groups is 1. The van der Waals surface area contributed by atoms with Crippen LogP contribution in [-0.4, -0.2) is 45.2 Å². The molecule has 5 aliphatic carbocycles. The number of hydrogen-bond acceptors (Lipinski definition) is 4. The minimum atomic E-state index is -1.08. The molecule has 0 saturated heterocycles. The normalized spacial score (nSPS) is 55.9. The summed E-state index contributed by atoms with van der Waals surface area (Å²) in [4.78, 5) is 12.5. The van der Waals surface area contributed by atoms with Crippen LogP contribution >= 0.6 is 0 Å². The van der Waals surface area contributed by atoms with Crippen molar-refractivity contribution in [3.05, 3.63) is 11.6 Å². The summed E-state index contributed by atoms with van der Waals surface area (Å²) in [5.41, 5.74) is 0.179. The predicted octanol–water partition coefficient (Wildman–Crippen LogP) is 5.18. The van der Waals surface area contributed by atoms with E-state index < -0.39 is 29.0 Å². The Morgan fingerprint density at radius 3 is 2.17 bits per heavy atom. The van der Waals surface area contributed by atoms with E-state index in [1.165, 1.54) is 0 Å². The van der Waals surface area contributed by atoms with E-state index in [0.717, 1.165) is 57.8 Å². The van der Waals surface area contributed by atoms with Gasteiger partial charge in [0, 0.05) is 5.41 Å². The van der Waals surface area contributed by atoms with Crippen LogP contribution in [0.25, 0.3) is 0 Å². The Labute approximate surface area is 211 Å². The molecule has 11 atom stereocenters. The van der Waals surface area contributed by atoms with Gasteiger partial charge in [-0.15, -0.1) is 0 Å². The van der Waals surface area contributed by atoms with E-state index in [1.54, 1.807) is 12.5 Å². The summed E-state index contributed by atoms with van der Waals surface area (Å²) in [6.45, 7) is 11.2. The zero-order valence-corrected chi connectivity index (χ0v) is 22.5. The van der Waals surface area contributed by atoms with Crippen molar-refractivity contribution in [2.45, 2.75) is 111 Å². The molecule has 0 aromatic carbocycles. The Morgan fingerprint density at radius 1 is 0.857 bits per heavy atom. The third-order valence-electron chi connectivity index (χ3n) is 13.1. The van der Waals surface area contributed by atoms with E-state index in [2.05, 4.69) is 33.8 Å². The van der Waals surface area contributed by atoms with Gasteiger partial charge < -0.3 is 20.4 Å². The van der Waals surface area contributed by atoms with Gasteiger partial charge in [0.15, 0.2) is 0 Å². The van der Waals surface area contributed by atoms with Gasteiger partial charge >= 0.3 is 5.97 Å². The van der Waals surface area contributed by atoms with Crippen LogP contribution in [-0.2, 0) is 4.79 Å². The molecule has 4 N–H and O–H groups in total. The van der Waals surface area contributed by atoms with E-state index in [1.807, 2.05) is 0 Å². The number of aliphatic hydroxyl groups is 3. The van der Waals surface area contributed by atoms with Gasteiger partial charge in [0.05, 0.1) is 24.2 Å². The van der Waals surface area contributed by atoms with Crippen molar-refractivity contribution in [2.75, 3.05) is 6.61 Å². The monoisotopic (exact) mass is 488 g/mol. The molecule has 0 aromatic rings. The molecule has 5 nitrogen and oxygen atoms in total. The molecule has 0 unspecified atom stereocenters. The van der Waals surface area contributed by atoms with Gasteiger partial charge in [-0.3, -0.25) is 4.79 Å². The van der Waals surface area contributed by atoms with Crippen LogP contribution in [0.2, 0.25) is 0 Å². The summed E-state index contributed by atoms with van der Waals surface area (Å²) in [6, 6.07) is 0. The van der Waals surface area contributed by atoms with Crippen LogP contribution in [0.1, 0.15) is 98.8 Å². The van der Waals surface area contributed by atoms with Crippen molar-refractivity contribution in [3.63, 3.8) is 0 Å². The molecule has 0 aromatic heterocycles. The Morgan fingerprint density at radius 2 is 1.51 bits per heavy atom. The Bertz CT molecular complexity index is 914. The molecule has 0 amide bonds. The lowest BCUT2D eigenvalue weighted by molar-refractivity contribution is -0.199. The largest absolute Gasteiger partial charge is 0.481 e. The number of rotatable bonds is 2. The smallest absolute Gasteiger partial charge is 0.312 e. The number of allylic oxidation sites excluding steroid dienone is 2. The number of aliphatic hydroxyl groups excluding tert-OH is 3. The van der Waals surface area contributed by atoms with E-state index in [-0.39, 0.29) is 34.7 Å². The average molecular weight is 489 g/mol. The molecule has 198 valence electrons. The van der Waals surface area contributed by atoms with E-state index in [0.29, 0.717) is 18.3 Å². The van der Waals surface area contributed by atoms with E-state index >= 15 is 0 Å². The molecule has 0 heterocycles. The van der Waals surface area contributed by atoms with Crippen molar-refractivity contribution >= 4 is 5.97 Å². The number of carboxylic acid groups (broad SMARTS) is 1. The number of hydrogen-bond donors (Lipinski definition) is 4. The number of carboxylic acids is 1. The van der Waals surface area contributed by atoms with Crippen molar-refractivity contribution in [2.24, 2.45) is 50.7 Å². The SMILES string of the molecule is C[C@@]12CC[C@@H]3[C@@](C)(CC[C@H](O)[C@]3(C)C(=O)O)[C@H]1CC[C@H]1C(=CC[C@@H]3[C@]1(C)CC[C@@H](O)[C@]3(C)CO)C2. The fourth-order valence-electron chi connectivity index (χ4n) is 11.0. The van der Waals surface area contributed by atoms with E-state index in [4.69, 9.17) is 0 Å². The predicted molar refractivity (Wildman–Crippen MR) is 135 cm³/mol. The lowest BCUT2D eigenvalue weighted by atomic mass is 9.41. The summed E-state index contributed by atoms with van der Waals surface area (Å²) in [5.74, 6) is 0.327. The molecule has 4 fully saturated rings.